The van der Waals surface area contributed by atoms with Crippen LogP contribution in [0.4, 0.5) is 19.1 Å². The molecule has 0 radical (unpaired) electrons. The Hall–Kier alpha value is -2.69. The van der Waals surface area contributed by atoms with Crippen molar-refractivity contribution in [1.29, 1.82) is 0 Å². The summed E-state index contributed by atoms with van der Waals surface area (Å²) >= 11 is 3.05. The number of carbonyl (C=O) groups excluding carboxylic acids is 1. The second-order valence-corrected chi connectivity index (χ2v) is 6.44. The maximum absolute atomic E-state index is 13.7. The van der Waals surface area contributed by atoms with Crippen molar-refractivity contribution in [3.8, 4) is 0 Å². The molecule has 1 aromatic carbocycles. The topological polar surface area (TPSA) is 77.6 Å². The lowest BCUT2D eigenvalue weighted by Gasteiger charge is -2.04. The van der Waals surface area contributed by atoms with Gasteiger partial charge in [-0.05, 0) is 28.9 Å². The number of nitrogens with one attached hydrogen (secondary N) is 1. The molecule has 27 heavy (non-hydrogen) atoms. The summed E-state index contributed by atoms with van der Waals surface area (Å²) in [5.74, 6) is -0.875. The van der Waals surface area contributed by atoms with Gasteiger partial charge in [-0.1, -0.05) is 18.2 Å². The minimum atomic E-state index is -2.75. The summed E-state index contributed by atoms with van der Waals surface area (Å²) in [6.45, 7) is 1.44. The maximum Gasteiger partial charge on any atom is 0.283 e. The molecule has 0 aliphatic rings. The summed E-state index contributed by atoms with van der Waals surface area (Å²) in [7, 11) is 0. The lowest BCUT2D eigenvalue weighted by atomic mass is 10.2. The van der Waals surface area contributed by atoms with Gasteiger partial charge in [-0.2, -0.15) is 5.10 Å². The summed E-state index contributed by atoms with van der Waals surface area (Å²) < 4.78 is 42.1. The van der Waals surface area contributed by atoms with Gasteiger partial charge in [0.25, 0.3) is 6.43 Å². The van der Waals surface area contributed by atoms with Crippen molar-refractivity contribution in [1.82, 2.24) is 24.5 Å². The highest BCUT2D eigenvalue weighted by molar-refractivity contribution is 9.10. The molecule has 1 amide bonds. The van der Waals surface area contributed by atoms with E-state index in [0.29, 0.717) is 11.3 Å². The van der Waals surface area contributed by atoms with Crippen molar-refractivity contribution in [3.63, 3.8) is 0 Å². The van der Waals surface area contributed by atoms with Crippen LogP contribution in [0.3, 0.4) is 0 Å². The van der Waals surface area contributed by atoms with Gasteiger partial charge in [0, 0.05) is 5.56 Å². The van der Waals surface area contributed by atoms with Gasteiger partial charge < -0.3 is 0 Å². The molecule has 0 unspecified atom stereocenters. The lowest BCUT2D eigenvalue weighted by molar-refractivity contribution is -0.117. The molecule has 2 heterocycles. The van der Waals surface area contributed by atoms with Crippen LogP contribution in [0, 0.1) is 12.7 Å². The third-order valence-electron chi connectivity index (χ3n) is 3.74. The average molecular weight is 443 g/mol. The summed E-state index contributed by atoms with van der Waals surface area (Å²) in [6.07, 6.45) is -1.40. The molecule has 3 rings (SSSR count). The Kier molecular flexibility index (Phi) is 5.59. The van der Waals surface area contributed by atoms with E-state index in [9.17, 15) is 18.0 Å². The van der Waals surface area contributed by atoms with Gasteiger partial charge in [-0.15, -0.1) is 5.10 Å². The summed E-state index contributed by atoms with van der Waals surface area (Å²) in [4.78, 5) is 16.1. The normalized spacial score (nSPS) is 11.2. The van der Waals surface area contributed by atoms with Gasteiger partial charge in [0.05, 0.1) is 16.7 Å². The zero-order chi connectivity index (χ0) is 19.6. The van der Waals surface area contributed by atoms with Crippen molar-refractivity contribution < 1.29 is 18.0 Å². The molecule has 2 aromatic heterocycles. The van der Waals surface area contributed by atoms with Crippen LogP contribution in [0.1, 0.15) is 23.4 Å². The van der Waals surface area contributed by atoms with E-state index in [4.69, 9.17) is 0 Å². The lowest BCUT2D eigenvalue weighted by Crippen LogP contribution is -2.21. The number of benzene rings is 1. The number of amides is 1. The Morgan fingerprint density at radius 2 is 2.04 bits per heavy atom. The number of anilines is 1. The SMILES string of the molecule is Cc1c(Br)c(C(F)F)nn1CC(=O)Nc1ncn(Cc2ccccc2F)n1. The second kappa shape index (κ2) is 7.91. The number of aromatic nitrogens is 5. The van der Waals surface area contributed by atoms with E-state index in [1.807, 2.05) is 0 Å². The maximum atomic E-state index is 13.7. The van der Waals surface area contributed by atoms with E-state index in [1.165, 1.54) is 17.1 Å². The fourth-order valence-electron chi connectivity index (χ4n) is 2.37. The molecule has 0 bridgehead atoms. The summed E-state index contributed by atoms with van der Waals surface area (Å²) in [5.41, 5.74) is 0.405. The second-order valence-electron chi connectivity index (χ2n) is 5.65. The van der Waals surface area contributed by atoms with E-state index in [1.54, 1.807) is 25.1 Å². The summed E-state index contributed by atoms with van der Waals surface area (Å²) in [5, 5.41) is 10.2. The fraction of sp³-hybridized carbons (Fsp3) is 0.250. The quantitative estimate of drug-likeness (QED) is 0.635. The zero-order valence-corrected chi connectivity index (χ0v) is 15.6. The Morgan fingerprint density at radius 3 is 2.70 bits per heavy atom. The molecule has 1 N–H and O–H groups in total. The Morgan fingerprint density at radius 1 is 1.30 bits per heavy atom. The van der Waals surface area contributed by atoms with Crippen molar-refractivity contribution in [2.75, 3.05) is 5.32 Å². The van der Waals surface area contributed by atoms with Gasteiger partial charge in [-0.3, -0.25) is 14.8 Å². The van der Waals surface area contributed by atoms with Crippen LogP contribution in [0.2, 0.25) is 0 Å². The van der Waals surface area contributed by atoms with Crippen LogP contribution >= 0.6 is 15.9 Å². The van der Waals surface area contributed by atoms with Crippen LogP contribution in [-0.4, -0.2) is 30.5 Å². The molecular weight excluding hydrogens is 429 g/mol. The monoisotopic (exact) mass is 442 g/mol. The Labute approximate surface area is 160 Å². The third-order valence-corrected chi connectivity index (χ3v) is 4.72. The average Bonchev–Trinajstić information content (AvgIpc) is 3.16. The molecule has 11 heteroatoms. The molecule has 0 saturated carbocycles. The highest BCUT2D eigenvalue weighted by Crippen LogP contribution is 2.28. The number of alkyl halides is 2. The zero-order valence-electron chi connectivity index (χ0n) is 14.0. The molecule has 7 nitrogen and oxygen atoms in total. The van der Waals surface area contributed by atoms with E-state index in [0.717, 1.165) is 4.68 Å². The van der Waals surface area contributed by atoms with Gasteiger partial charge >= 0.3 is 0 Å². The minimum Gasteiger partial charge on any atom is -0.292 e. The highest BCUT2D eigenvalue weighted by Gasteiger charge is 2.21. The van der Waals surface area contributed by atoms with E-state index >= 15 is 0 Å². The first-order chi connectivity index (χ1) is 12.8. The first kappa shape index (κ1) is 19.1. The van der Waals surface area contributed by atoms with Crippen LogP contribution in [0.15, 0.2) is 35.1 Å². The van der Waals surface area contributed by atoms with Crippen molar-refractivity contribution in [3.05, 3.63) is 57.8 Å². The first-order valence-corrected chi connectivity index (χ1v) is 8.58. The smallest absolute Gasteiger partial charge is 0.283 e. The van der Waals surface area contributed by atoms with E-state index in [2.05, 4.69) is 36.4 Å². The van der Waals surface area contributed by atoms with E-state index < -0.39 is 18.0 Å². The van der Waals surface area contributed by atoms with Crippen molar-refractivity contribution in [2.45, 2.75) is 26.4 Å². The molecule has 0 aliphatic heterocycles. The number of carbonyl (C=O) groups is 1. The van der Waals surface area contributed by atoms with Gasteiger partial charge in [0.1, 0.15) is 24.4 Å². The van der Waals surface area contributed by atoms with Crippen molar-refractivity contribution in [2.24, 2.45) is 0 Å². The molecule has 0 fully saturated rings. The number of nitrogens with zero attached hydrogens (tertiary/aromatic N) is 5. The predicted octanol–water partition coefficient (Wildman–Crippen LogP) is 3.31. The number of hydrogen-bond donors (Lipinski definition) is 1. The largest absolute Gasteiger partial charge is 0.292 e. The van der Waals surface area contributed by atoms with Gasteiger partial charge in [-0.25, -0.2) is 22.8 Å². The van der Waals surface area contributed by atoms with Gasteiger partial charge in [0.2, 0.25) is 11.9 Å². The Bertz CT molecular complexity index is 971. The molecule has 3 aromatic rings. The molecule has 0 aliphatic carbocycles. The number of halogens is 4. The van der Waals surface area contributed by atoms with Crippen molar-refractivity contribution >= 4 is 27.8 Å². The molecule has 0 atom stereocenters. The first-order valence-electron chi connectivity index (χ1n) is 7.78. The van der Waals surface area contributed by atoms with Gasteiger partial charge in [0.15, 0.2) is 0 Å². The Balaban J connectivity index is 1.65. The standard InChI is InChI=1S/C16H14BrF3N6O/c1-9-13(17)14(15(19)20)23-26(9)7-12(27)22-16-21-8-25(24-16)6-10-4-2-3-5-11(10)18/h2-5,8,15H,6-7H2,1H3,(H,22,24,27). The number of rotatable bonds is 6. The van der Waals surface area contributed by atoms with Crippen LogP contribution in [-0.2, 0) is 17.9 Å². The molecular formula is C16H14BrF3N6O. The predicted molar refractivity (Wildman–Crippen MR) is 93.8 cm³/mol. The molecule has 0 saturated heterocycles. The minimum absolute atomic E-state index is 0.0225. The third kappa shape index (κ3) is 4.35. The van der Waals surface area contributed by atoms with Crippen LogP contribution in [0.25, 0.3) is 0 Å². The summed E-state index contributed by atoms with van der Waals surface area (Å²) in [6, 6.07) is 6.25. The van der Waals surface area contributed by atoms with Crippen LogP contribution < -0.4 is 5.32 Å². The fourth-order valence-corrected chi connectivity index (χ4v) is 2.83. The molecule has 142 valence electrons. The number of hydrogen-bond acceptors (Lipinski definition) is 4. The molecule has 0 spiro atoms. The van der Waals surface area contributed by atoms with E-state index in [-0.39, 0.29) is 29.3 Å². The van der Waals surface area contributed by atoms with Crippen LogP contribution in [0.5, 0.6) is 0 Å². The highest BCUT2D eigenvalue weighted by atomic mass is 79.9.